The van der Waals surface area contributed by atoms with Gasteiger partial charge >= 0.3 is 0 Å². The highest BCUT2D eigenvalue weighted by Gasteiger charge is 2.12. The Kier molecular flexibility index (Phi) is 6.14. The predicted octanol–water partition coefficient (Wildman–Crippen LogP) is 3.74. The van der Waals surface area contributed by atoms with Crippen molar-refractivity contribution in [2.75, 3.05) is 13.2 Å². The third-order valence-electron chi connectivity index (χ3n) is 3.91. The van der Waals surface area contributed by atoms with Crippen LogP contribution in [0.3, 0.4) is 0 Å². The number of aromatic nitrogens is 2. The summed E-state index contributed by atoms with van der Waals surface area (Å²) in [5.41, 5.74) is 1.04. The van der Waals surface area contributed by atoms with Gasteiger partial charge in [0.1, 0.15) is 23.1 Å². The van der Waals surface area contributed by atoms with Crippen LogP contribution in [0.4, 0.5) is 8.78 Å². The molecule has 0 radical (unpaired) electrons. The van der Waals surface area contributed by atoms with Gasteiger partial charge in [-0.25, -0.2) is 13.8 Å². The SMILES string of the molecule is O=C(NCCCCOc1ccc(F)cc1)c1cncn1-c1ccc(F)cc1. The van der Waals surface area contributed by atoms with E-state index in [4.69, 9.17) is 4.74 Å². The number of ether oxygens (including phenoxy) is 1. The van der Waals surface area contributed by atoms with E-state index < -0.39 is 0 Å². The van der Waals surface area contributed by atoms with E-state index in [1.165, 1.54) is 36.8 Å². The maximum atomic E-state index is 13.1. The molecule has 0 atom stereocenters. The quantitative estimate of drug-likeness (QED) is 0.614. The van der Waals surface area contributed by atoms with E-state index in [0.717, 1.165) is 12.8 Å². The van der Waals surface area contributed by atoms with Crippen LogP contribution < -0.4 is 10.1 Å². The van der Waals surface area contributed by atoms with E-state index in [9.17, 15) is 13.6 Å². The maximum absolute atomic E-state index is 13.1. The second-order valence-corrected chi connectivity index (χ2v) is 5.89. The number of hydrogen-bond acceptors (Lipinski definition) is 3. The van der Waals surface area contributed by atoms with E-state index in [1.54, 1.807) is 28.8 Å². The molecule has 0 aliphatic heterocycles. The van der Waals surface area contributed by atoms with Crippen molar-refractivity contribution in [3.05, 3.63) is 78.4 Å². The lowest BCUT2D eigenvalue weighted by molar-refractivity contribution is 0.0945. The van der Waals surface area contributed by atoms with Gasteiger partial charge in [-0.05, 0) is 61.4 Å². The van der Waals surface area contributed by atoms with Gasteiger partial charge in [-0.2, -0.15) is 0 Å². The standard InChI is InChI=1S/C20H19F2N3O2/c21-15-3-7-17(8-4-15)25-14-23-13-19(25)20(26)24-11-1-2-12-27-18-9-5-16(22)6-10-18/h3-10,13-14H,1-2,11-12H2,(H,24,26). The lowest BCUT2D eigenvalue weighted by Gasteiger charge is -2.09. The molecule has 0 spiro atoms. The molecule has 1 amide bonds. The largest absolute Gasteiger partial charge is 0.494 e. The molecule has 27 heavy (non-hydrogen) atoms. The van der Waals surface area contributed by atoms with Gasteiger partial charge < -0.3 is 10.1 Å². The van der Waals surface area contributed by atoms with Crippen LogP contribution >= 0.6 is 0 Å². The highest BCUT2D eigenvalue weighted by molar-refractivity contribution is 5.92. The molecule has 2 aromatic carbocycles. The van der Waals surface area contributed by atoms with Crippen LogP contribution in [0.2, 0.25) is 0 Å². The maximum Gasteiger partial charge on any atom is 0.269 e. The number of unbranched alkanes of at least 4 members (excludes halogenated alkanes) is 1. The zero-order valence-electron chi connectivity index (χ0n) is 14.6. The Hall–Kier alpha value is -3.22. The van der Waals surface area contributed by atoms with Crippen molar-refractivity contribution in [2.24, 2.45) is 0 Å². The summed E-state index contributed by atoms with van der Waals surface area (Å²) in [6.07, 6.45) is 4.46. The zero-order chi connectivity index (χ0) is 19.1. The molecular formula is C20H19F2N3O2. The molecule has 0 saturated heterocycles. The van der Waals surface area contributed by atoms with Gasteiger partial charge in [-0.15, -0.1) is 0 Å². The third kappa shape index (κ3) is 5.13. The number of halogens is 2. The lowest BCUT2D eigenvalue weighted by Crippen LogP contribution is -2.26. The van der Waals surface area contributed by atoms with Crippen LogP contribution in [0, 0.1) is 11.6 Å². The summed E-state index contributed by atoms with van der Waals surface area (Å²) in [7, 11) is 0. The molecule has 0 bridgehead atoms. The molecule has 1 aromatic heterocycles. The number of hydrogen-bond donors (Lipinski definition) is 1. The van der Waals surface area contributed by atoms with Crippen LogP contribution in [-0.4, -0.2) is 28.6 Å². The summed E-state index contributed by atoms with van der Waals surface area (Å²) in [4.78, 5) is 16.3. The molecule has 3 aromatic rings. The van der Waals surface area contributed by atoms with Crippen LogP contribution in [-0.2, 0) is 0 Å². The number of amides is 1. The first-order valence-electron chi connectivity index (χ1n) is 8.58. The number of carbonyl (C=O) groups excluding carboxylic acids is 1. The second-order valence-electron chi connectivity index (χ2n) is 5.89. The molecule has 1 N–H and O–H groups in total. The highest BCUT2D eigenvalue weighted by Crippen LogP contribution is 2.13. The van der Waals surface area contributed by atoms with E-state index in [0.29, 0.717) is 30.3 Å². The summed E-state index contributed by atoms with van der Waals surface area (Å²) in [6, 6.07) is 11.7. The average molecular weight is 371 g/mol. The molecule has 0 fully saturated rings. The molecule has 5 nitrogen and oxygen atoms in total. The first-order valence-corrected chi connectivity index (χ1v) is 8.58. The van der Waals surface area contributed by atoms with Crippen LogP contribution in [0.1, 0.15) is 23.3 Å². The fraction of sp³-hybridized carbons (Fsp3) is 0.200. The number of carbonyl (C=O) groups is 1. The van der Waals surface area contributed by atoms with Crippen LogP contribution in [0.25, 0.3) is 5.69 Å². The Balaban J connectivity index is 1.43. The fourth-order valence-corrected chi connectivity index (χ4v) is 2.51. The summed E-state index contributed by atoms with van der Waals surface area (Å²) in [5.74, 6) is -0.280. The zero-order valence-corrected chi connectivity index (χ0v) is 14.6. The Morgan fingerprint density at radius 3 is 2.37 bits per heavy atom. The second kappa shape index (κ2) is 8.93. The summed E-state index contributed by atoms with van der Waals surface area (Å²) >= 11 is 0. The van der Waals surface area contributed by atoms with Crippen LogP contribution in [0.15, 0.2) is 61.1 Å². The summed E-state index contributed by atoms with van der Waals surface area (Å²) in [5, 5.41) is 2.83. The third-order valence-corrected chi connectivity index (χ3v) is 3.91. The Bertz CT molecular complexity index is 877. The number of imidazole rings is 1. The minimum absolute atomic E-state index is 0.253. The van der Waals surface area contributed by atoms with Gasteiger partial charge in [0.25, 0.3) is 5.91 Å². The Morgan fingerprint density at radius 1 is 1.00 bits per heavy atom. The van der Waals surface area contributed by atoms with Gasteiger partial charge in [0.05, 0.1) is 19.1 Å². The molecule has 7 heteroatoms. The highest BCUT2D eigenvalue weighted by atomic mass is 19.1. The fourth-order valence-electron chi connectivity index (χ4n) is 2.51. The molecule has 140 valence electrons. The molecular weight excluding hydrogens is 352 g/mol. The van der Waals surface area contributed by atoms with Crippen molar-refractivity contribution in [2.45, 2.75) is 12.8 Å². The molecule has 0 aliphatic rings. The van der Waals surface area contributed by atoms with Crippen molar-refractivity contribution in [1.29, 1.82) is 0 Å². The summed E-state index contributed by atoms with van der Waals surface area (Å²) < 4.78 is 33.0. The lowest BCUT2D eigenvalue weighted by atomic mass is 10.3. The predicted molar refractivity (Wildman–Crippen MR) is 97.0 cm³/mol. The first kappa shape index (κ1) is 18.6. The number of nitrogens with one attached hydrogen (secondary N) is 1. The molecule has 1 heterocycles. The smallest absolute Gasteiger partial charge is 0.269 e. The van der Waals surface area contributed by atoms with E-state index >= 15 is 0 Å². The van der Waals surface area contributed by atoms with Crippen LogP contribution in [0.5, 0.6) is 5.75 Å². The van der Waals surface area contributed by atoms with E-state index in [1.807, 2.05) is 0 Å². The van der Waals surface area contributed by atoms with E-state index in [2.05, 4.69) is 10.3 Å². The van der Waals surface area contributed by atoms with Gasteiger partial charge in [0.2, 0.25) is 0 Å². The first-order chi connectivity index (χ1) is 13.1. The minimum Gasteiger partial charge on any atom is -0.494 e. The van der Waals surface area contributed by atoms with Gasteiger partial charge in [-0.3, -0.25) is 9.36 Å². The average Bonchev–Trinajstić information content (AvgIpc) is 3.16. The van der Waals surface area contributed by atoms with Crippen molar-refractivity contribution >= 4 is 5.91 Å². The summed E-state index contributed by atoms with van der Waals surface area (Å²) in [6.45, 7) is 0.967. The molecule has 3 rings (SSSR count). The van der Waals surface area contributed by atoms with Crippen molar-refractivity contribution in [1.82, 2.24) is 14.9 Å². The van der Waals surface area contributed by atoms with Gasteiger partial charge in [0.15, 0.2) is 0 Å². The monoisotopic (exact) mass is 371 g/mol. The molecule has 0 unspecified atom stereocenters. The Morgan fingerprint density at radius 2 is 1.67 bits per heavy atom. The van der Waals surface area contributed by atoms with Crippen molar-refractivity contribution in [3.63, 3.8) is 0 Å². The van der Waals surface area contributed by atoms with E-state index in [-0.39, 0.29) is 17.5 Å². The topological polar surface area (TPSA) is 56.1 Å². The number of nitrogens with zero attached hydrogens (tertiary/aromatic N) is 2. The number of rotatable bonds is 8. The van der Waals surface area contributed by atoms with Gasteiger partial charge in [-0.1, -0.05) is 0 Å². The van der Waals surface area contributed by atoms with Crippen molar-refractivity contribution < 1.29 is 18.3 Å². The number of benzene rings is 2. The van der Waals surface area contributed by atoms with Gasteiger partial charge in [0, 0.05) is 12.2 Å². The molecule has 0 saturated carbocycles. The van der Waals surface area contributed by atoms with Crippen molar-refractivity contribution in [3.8, 4) is 11.4 Å². The molecule has 0 aliphatic carbocycles. The minimum atomic E-state index is -0.340. The normalized spacial score (nSPS) is 10.6. The Labute approximate surface area is 155 Å².